The van der Waals surface area contributed by atoms with Crippen LogP contribution in [0.15, 0.2) is 24.3 Å². The number of amides is 4. The quantitative estimate of drug-likeness (QED) is 0.661. The third-order valence-electron chi connectivity index (χ3n) is 4.96. The average Bonchev–Trinajstić information content (AvgIpc) is 3.18. The van der Waals surface area contributed by atoms with E-state index in [1.165, 1.54) is 12.1 Å². The number of carbonyl (C=O) groups excluding carboxylic acids is 3. The zero-order chi connectivity index (χ0) is 18.7. The Labute approximate surface area is 150 Å². The summed E-state index contributed by atoms with van der Waals surface area (Å²) in [7, 11) is 0. The number of rotatable bonds is 6. The van der Waals surface area contributed by atoms with E-state index >= 15 is 0 Å². The number of carbonyl (C=O) groups is 4. The van der Waals surface area contributed by atoms with Gasteiger partial charge in [-0.05, 0) is 30.5 Å². The lowest BCUT2D eigenvalue weighted by atomic mass is 9.98. The largest absolute Gasteiger partial charge is 0.478 e. The first-order valence-corrected chi connectivity index (χ1v) is 8.64. The Morgan fingerprint density at radius 3 is 2.42 bits per heavy atom. The van der Waals surface area contributed by atoms with Gasteiger partial charge in [0, 0.05) is 19.5 Å². The minimum atomic E-state index is -1.01. The van der Waals surface area contributed by atoms with Crippen molar-refractivity contribution < 1.29 is 24.3 Å². The molecule has 2 fully saturated rings. The summed E-state index contributed by atoms with van der Waals surface area (Å²) in [6.45, 7) is 0.305. The van der Waals surface area contributed by atoms with Crippen LogP contribution in [0.5, 0.6) is 0 Å². The van der Waals surface area contributed by atoms with E-state index in [0.29, 0.717) is 12.8 Å². The van der Waals surface area contributed by atoms with Crippen molar-refractivity contribution in [2.45, 2.75) is 44.2 Å². The molecule has 3 N–H and O–H groups in total. The molecule has 4 amide bonds. The van der Waals surface area contributed by atoms with E-state index in [1.807, 2.05) is 0 Å². The molecule has 0 atom stereocenters. The molecule has 1 heterocycles. The number of carboxylic acids is 1. The molecule has 26 heavy (non-hydrogen) atoms. The van der Waals surface area contributed by atoms with Crippen LogP contribution < -0.4 is 10.6 Å². The van der Waals surface area contributed by atoms with Crippen LogP contribution in [0, 0.1) is 0 Å². The van der Waals surface area contributed by atoms with Gasteiger partial charge in [-0.1, -0.05) is 25.0 Å². The van der Waals surface area contributed by atoms with Gasteiger partial charge in [0.1, 0.15) is 5.54 Å². The van der Waals surface area contributed by atoms with Crippen LogP contribution in [0.4, 0.5) is 4.79 Å². The van der Waals surface area contributed by atoms with Gasteiger partial charge in [-0.15, -0.1) is 0 Å². The van der Waals surface area contributed by atoms with Gasteiger partial charge in [0.05, 0.1) is 5.56 Å². The Balaban J connectivity index is 1.47. The van der Waals surface area contributed by atoms with Gasteiger partial charge in [0.2, 0.25) is 5.91 Å². The molecule has 138 valence electrons. The Kier molecular flexibility index (Phi) is 4.92. The molecule has 0 bridgehead atoms. The molecule has 0 unspecified atom stereocenters. The standard InChI is InChI=1S/C18H21N3O5/c22-14(19-11-12-3-5-13(6-4-12)15(23)24)7-10-21-16(25)18(20-17(21)26)8-1-2-9-18/h3-6H,1-2,7-11H2,(H,19,22)(H,20,26)(H,23,24). The van der Waals surface area contributed by atoms with Crippen LogP contribution in [0.2, 0.25) is 0 Å². The molecular weight excluding hydrogens is 338 g/mol. The van der Waals surface area contributed by atoms with E-state index < -0.39 is 17.5 Å². The molecular formula is C18H21N3O5. The Hall–Kier alpha value is -2.90. The van der Waals surface area contributed by atoms with Crippen molar-refractivity contribution in [2.75, 3.05) is 6.54 Å². The zero-order valence-corrected chi connectivity index (χ0v) is 14.3. The summed E-state index contributed by atoms with van der Waals surface area (Å²) in [5, 5.41) is 14.3. The van der Waals surface area contributed by atoms with Crippen molar-refractivity contribution in [3.05, 3.63) is 35.4 Å². The second-order valence-corrected chi connectivity index (χ2v) is 6.70. The van der Waals surface area contributed by atoms with Gasteiger partial charge in [-0.3, -0.25) is 14.5 Å². The normalized spacial score (nSPS) is 18.2. The van der Waals surface area contributed by atoms with Crippen molar-refractivity contribution in [1.82, 2.24) is 15.5 Å². The molecule has 3 rings (SSSR count). The van der Waals surface area contributed by atoms with Crippen molar-refractivity contribution in [3.63, 3.8) is 0 Å². The second kappa shape index (κ2) is 7.15. The van der Waals surface area contributed by atoms with E-state index in [4.69, 9.17) is 5.11 Å². The molecule has 1 saturated carbocycles. The highest BCUT2D eigenvalue weighted by molar-refractivity contribution is 6.07. The number of benzene rings is 1. The predicted molar refractivity (Wildman–Crippen MR) is 91.3 cm³/mol. The number of nitrogens with zero attached hydrogens (tertiary/aromatic N) is 1. The number of carboxylic acid groups (broad SMARTS) is 1. The summed E-state index contributed by atoms with van der Waals surface area (Å²) in [5.41, 5.74) is 0.196. The third-order valence-corrected chi connectivity index (χ3v) is 4.96. The summed E-state index contributed by atoms with van der Waals surface area (Å²) in [6, 6.07) is 5.78. The van der Waals surface area contributed by atoms with Gasteiger partial charge in [0.15, 0.2) is 0 Å². The van der Waals surface area contributed by atoms with Crippen molar-refractivity contribution in [3.8, 4) is 0 Å². The predicted octanol–water partition coefficient (Wildman–Crippen LogP) is 1.26. The average molecular weight is 359 g/mol. The molecule has 0 radical (unpaired) electrons. The van der Waals surface area contributed by atoms with E-state index in [2.05, 4.69) is 10.6 Å². The maximum absolute atomic E-state index is 12.5. The molecule has 1 aliphatic heterocycles. The smallest absolute Gasteiger partial charge is 0.335 e. The first-order valence-electron chi connectivity index (χ1n) is 8.64. The minimum Gasteiger partial charge on any atom is -0.478 e. The van der Waals surface area contributed by atoms with Crippen LogP contribution in [0.3, 0.4) is 0 Å². The van der Waals surface area contributed by atoms with E-state index in [0.717, 1.165) is 23.3 Å². The maximum atomic E-state index is 12.5. The molecule has 2 aliphatic rings. The Morgan fingerprint density at radius 2 is 1.81 bits per heavy atom. The number of hydrogen-bond donors (Lipinski definition) is 3. The first-order chi connectivity index (χ1) is 12.4. The van der Waals surface area contributed by atoms with Crippen molar-refractivity contribution in [2.24, 2.45) is 0 Å². The van der Waals surface area contributed by atoms with E-state index in [-0.39, 0.29) is 36.9 Å². The lowest BCUT2D eigenvalue weighted by Crippen LogP contribution is -2.44. The molecule has 1 aliphatic carbocycles. The fraction of sp³-hybridized carbons (Fsp3) is 0.444. The Bertz CT molecular complexity index is 738. The molecule has 1 saturated heterocycles. The highest BCUT2D eigenvalue weighted by Gasteiger charge is 2.52. The molecule has 1 aromatic rings. The van der Waals surface area contributed by atoms with Crippen LogP contribution in [0.1, 0.15) is 48.0 Å². The highest BCUT2D eigenvalue weighted by atomic mass is 16.4. The SMILES string of the molecule is O=C(CCN1C(=O)NC2(CCCC2)C1=O)NCc1ccc(C(=O)O)cc1. The topological polar surface area (TPSA) is 116 Å². The van der Waals surface area contributed by atoms with Crippen LogP contribution >= 0.6 is 0 Å². The lowest BCUT2D eigenvalue weighted by molar-refractivity contribution is -0.131. The summed E-state index contributed by atoms with van der Waals surface area (Å²) < 4.78 is 0. The fourth-order valence-corrected chi connectivity index (χ4v) is 3.46. The van der Waals surface area contributed by atoms with Crippen LogP contribution in [-0.4, -0.2) is 45.9 Å². The number of nitrogens with one attached hydrogen (secondary N) is 2. The minimum absolute atomic E-state index is 0.0302. The van der Waals surface area contributed by atoms with Crippen LogP contribution in [-0.2, 0) is 16.1 Å². The van der Waals surface area contributed by atoms with Crippen molar-refractivity contribution in [1.29, 1.82) is 0 Å². The van der Waals surface area contributed by atoms with Gasteiger partial charge >= 0.3 is 12.0 Å². The number of imide groups is 1. The number of aromatic carboxylic acids is 1. The van der Waals surface area contributed by atoms with Gasteiger partial charge < -0.3 is 15.7 Å². The summed E-state index contributed by atoms with van der Waals surface area (Å²) >= 11 is 0. The number of hydrogen-bond acceptors (Lipinski definition) is 4. The zero-order valence-electron chi connectivity index (χ0n) is 14.3. The fourth-order valence-electron chi connectivity index (χ4n) is 3.46. The summed E-state index contributed by atoms with van der Waals surface area (Å²) in [5.74, 6) is -1.51. The maximum Gasteiger partial charge on any atom is 0.335 e. The Morgan fingerprint density at radius 1 is 1.15 bits per heavy atom. The van der Waals surface area contributed by atoms with Gasteiger partial charge in [-0.25, -0.2) is 9.59 Å². The van der Waals surface area contributed by atoms with Crippen molar-refractivity contribution >= 4 is 23.8 Å². The van der Waals surface area contributed by atoms with Gasteiger partial charge in [0.25, 0.3) is 5.91 Å². The highest BCUT2D eigenvalue weighted by Crippen LogP contribution is 2.34. The second-order valence-electron chi connectivity index (χ2n) is 6.70. The molecule has 0 aromatic heterocycles. The lowest BCUT2D eigenvalue weighted by Gasteiger charge is -2.19. The molecule has 1 spiro atoms. The van der Waals surface area contributed by atoms with Crippen LogP contribution in [0.25, 0.3) is 0 Å². The number of urea groups is 1. The monoisotopic (exact) mass is 359 g/mol. The first kappa shape index (κ1) is 17.9. The van der Waals surface area contributed by atoms with Gasteiger partial charge in [-0.2, -0.15) is 0 Å². The summed E-state index contributed by atoms with van der Waals surface area (Å²) in [4.78, 5) is 48.5. The third kappa shape index (κ3) is 3.54. The molecule has 1 aromatic carbocycles. The van der Waals surface area contributed by atoms with E-state index in [1.54, 1.807) is 12.1 Å². The molecule has 8 heteroatoms. The van der Waals surface area contributed by atoms with E-state index in [9.17, 15) is 19.2 Å². The molecule has 8 nitrogen and oxygen atoms in total. The summed E-state index contributed by atoms with van der Waals surface area (Å²) in [6.07, 6.45) is 3.18.